The first-order valence-electron chi connectivity index (χ1n) is 7.98. The highest BCUT2D eigenvalue weighted by Crippen LogP contribution is 2.31. The summed E-state index contributed by atoms with van der Waals surface area (Å²) < 4.78 is 5.45. The molecular weight excluding hydrogens is 296 g/mol. The molecule has 1 fully saturated rings. The van der Waals surface area contributed by atoms with Crippen LogP contribution in [0.15, 0.2) is 17.5 Å². The van der Waals surface area contributed by atoms with Crippen LogP contribution in [-0.4, -0.2) is 36.2 Å². The Hall–Kier alpha value is -1.07. The molecule has 0 spiro atoms. The fourth-order valence-electron chi connectivity index (χ4n) is 2.63. The van der Waals surface area contributed by atoms with Crippen LogP contribution in [0, 0.1) is 5.41 Å². The SMILES string of the molecule is CC1(CNCc2cccs2)CCN(C(=O)OC(C)(C)C)CC1. The van der Waals surface area contributed by atoms with Gasteiger partial charge in [0.2, 0.25) is 0 Å². The average Bonchev–Trinajstić information content (AvgIpc) is 2.90. The van der Waals surface area contributed by atoms with Gasteiger partial charge in [0, 0.05) is 31.1 Å². The number of ether oxygens (including phenoxy) is 1. The van der Waals surface area contributed by atoms with Gasteiger partial charge in [-0.2, -0.15) is 0 Å². The molecule has 5 heteroatoms. The maximum atomic E-state index is 12.1. The van der Waals surface area contributed by atoms with Crippen molar-refractivity contribution < 1.29 is 9.53 Å². The van der Waals surface area contributed by atoms with Gasteiger partial charge < -0.3 is 15.0 Å². The number of piperidine rings is 1. The Kier molecular flexibility index (Phi) is 5.50. The first kappa shape index (κ1) is 17.3. The zero-order valence-corrected chi connectivity index (χ0v) is 15.0. The number of carbonyl (C=O) groups is 1. The Labute approximate surface area is 137 Å². The van der Waals surface area contributed by atoms with Gasteiger partial charge >= 0.3 is 6.09 Å². The Morgan fingerprint density at radius 3 is 2.64 bits per heavy atom. The first-order chi connectivity index (χ1) is 10.3. The zero-order chi connectivity index (χ0) is 16.2. The Balaban J connectivity index is 1.74. The predicted octanol–water partition coefficient (Wildman–Crippen LogP) is 3.87. The van der Waals surface area contributed by atoms with E-state index in [-0.39, 0.29) is 11.5 Å². The highest BCUT2D eigenvalue weighted by molar-refractivity contribution is 7.09. The number of likely N-dealkylation sites (tertiary alicyclic amines) is 1. The van der Waals surface area contributed by atoms with Crippen molar-refractivity contribution in [3.05, 3.63) is 22.4 Å². The molecule has 0 unspecified atom stereocenters. The van der Waals surface area contributed by atoms with E-state index in [9.17, 15) is 4.79 Å². The number of hydrogen-bond acceptors (Lipinski definition) is 4. The van der Waals surface area contributed by atoms with Gasteiger partial charge in [-0.05, 0) is 50.5 Å². The molecule has 4 nitrogen and oxygen atoms in total. The second kappa shape index (κ2) is 7.01. The van der Waals surface area contributed by atoms with E-state index in [1.807, 2.05) is 25.7 Å². The molecule has 0 aliphatic carbocycles. The summed E-state index contributed by atoms with van der Waals surface area (Å²) in [4.78, 5) is 15.3. The summed E-state index contributed by atoms with van der Waals surface area (Å²) >= 11 is 1.79. The maximum Gasteiger partial charge on any atom is 0.410 e. The molecule has 0 aromatic carbocycles. The van der Waals surface area contributed by atoms with E-state index in [0.29, 0.717) is 0 Å². The number of carbonyl (C=O) groups excluding carboxylic acids is 1. The molecule has 2 rings (SSSR count). The molecule has 1 aliphatic heterocycles. The van der Waals surface area contributed by atoms with E-state index < -0.39 is 5.60 Å². The summed E-state index contributed by atoms with van der Waals surface area (Å²) in [5.41, 5.74) is -0.157. The predicted molar refractivity (Wildman–Crippen MR) is 91.2 cm³/mol. The largest absolute Gasteiger partial charge is 0.444 e. The maximum absolute atomic E-state index is 12.1. The molecule has 1 amide bonds. The third-order valence-corrected chi connectivity index (χ3v) is 4.93. The molecule has 0 bridgehead atoms. The van der Waals surface area contributed by atoms with Crippen LogP contribution >= 0.6 is 11.3 Å². The van der Waals surface area contributed by atoms with Crippen LogP contribution in [0.3, 0.4) is 0 Å². The molecule has 2 heterocycles. The lowest BCUT2D eigenvalue weighted by atomic mass is 9.80. The van der Waals surface area contributed by atoms with Gasteiger partial charge in [-0.25, -0.2) is 4.79 Å². The lowest BCUT2D eigenvalue weighted by molar-refractivity contribution is 0.0119. The van der Waals surface area contributed by atoms with Crippen molar-refractivity contribution in [1.29, 1.82) is 0 Å². The van der Waals surface area contributed by atoms with E-state index in [1.165, 1.54) is 4.88 Å². The highest BCUT2D eigenvalue weighted by atomic mass is 32.1. The summed E-state index contributed by atoms with van der Waals surface area (Å²) in [6.45, 7) is 11.5. The lowest BCUT2D eigenvalue weighted by Crippen LogP contribution is -2.47. The molecular formula is C17H28N2O2S. The van der Waals surface area contributed by atoms with Gasteiger partial charge in [-0.15, -0.1) is 11.3 Å². The fourth-order valence-corrected chi connectivity index (χ4v) is 3.31. The minimum atomic E-state index is -0.417. The quantitative estimate of drug-likeness (QED) is 0.914. The summed E-state index contributed by atoms with van der Waals surface area (Å²) in [6.07, 6.45) is 1.86. The van der Waals surface area contributed by atoms with Crippen molar-refractivity contribution in [3.63, 3.8) is 0 Å². The fraction of sp³-hybridized carbons (Fsp3) is 0.706. The van der Waals surface area contributed by atoms with Crippen LogP contribution in [-0.2, 0) is 11.3 Å². The van der Waals surface area contributed by atoms with E-state index >= 15 is 0 Å². The number of nitrogens with zero attached hydrogens (tertiary/aromatic N) is 1. The molecule has 0 atom stereocenters. The smallest absolute Gasteiger partial charge is 0.410 e. The van der Waals surface area contributed by atoms with Crippen molar-refractivity contribution in [2.24, 2.45) is 5.41 Å². The molecule has 22 heavy (non-hydrogen) atoms. The lowest BCUT2D eigenvalue weighted by Gasteiger charge is -2.39. The standard InChI is InChI=1S/C17H28N2O2S/c1-16(2,3)21-15(20)19-9-7-17(4,8-10-19)13-18-12-14-6-5-11-22-14/h5-6,11,18H,7-10,12-13H2,1-4H3. The van der Waals surface area contributed by atoms with Crippen LogP contribution in [0.25, 0.3) is 0 Å². The van der Waals surface area contributed by atoms with Crippen LogP contribution in [0.1, 0.15) is 45.4 Å². The first-order valence-corrected chi connectivity index (χ1v) is 8.86. The molecule has 1 saturated heterocycles. The van der Waals surface area contributed by atoms with Gasteiger partial charge in [0.15, 0.2) is 0 Å². The van der Waals surface area contributed by atoms with Crippen molar-refractivity contribution >= 4 is 17.4 Å². The number of amides is 1. The van der Waals surface area contributed by atoms with E-state index in [2.05, 4.69) is 29.8 Å². The van der Waals surface area contributed by atoms with Gasteiger partial charge in [-0.1, -0.05) is 13.0 Å². The summed E-state index contributed by atoms with van der Waals surface area (Å²) in [7, 11) is 0. The van der Waals surface area contributed by atoms with Gasteiger partial charge in [-0.3, -0.25) is 0 Å². The number of hydrogen-bond donors (Lipinski definition) is 1. The minimum absolute atomic E-state index is 0.180. The van der Waals surface area contributed by atoms with Crippen LogP contribution in [0.4, 0.5) is 4.79 Å². The van der Waals surface area contributed by atoms with Crippen LogP contribution in [0.5, 0.6) is 0 Å². The van der Waals surface area contributed by atoms with Crippen LogP contribution < -0.4 is 5.32 Å². The van der Waals surface area contributed by atoms with E-state index in [0.717, 1.165) is 39.0 Å². The average molecular weight is 324 g/mol. The second-order valence-electron chi connectivity index (χ2n) is 7.46. The third kappa shape index (κ3) is 5.29. The summed E-state index contributed by atoms with van der Waals surface area (Å²) in [5, 5.41) is 5.67. The van der Waals surface area contributed by atoms with Crippen molar-refractivity contribution in [3.8, 4) is 0 Å². The second-order valence-corrected chi connectivity index (χ2v) is 8.49. The van der Waals surface area contributed by atoms with Crippen molar-refractivity contribution in [1.82, 2.24) is 10.2 Å². The molecule has 0 saturated carbocycles. The van der Waals surface area contributed by atoms with Crippen molar-refractivity contribution in [2.75, 3.05) is 19.6 Å². The highest BCUT2D eigenvalue weighted by Gasteiger charge is 2.33. The minimum Gasteiger partial charge on any atom is -0.444 e. The molecule has 1 aromatic heterocycles. The number of thiophene rings is 1. The molecule has 1 aromatic rings. The summed E-state index contributed by atoms with van der Waals surface area (Å²) in [6, 6.07) is 4.24. The van der Waals surface area contributed by atoms with Crippen LogP contribution in [0.2, 0.25) is 0 Å². The number of nitrogens with one attached hydrogen (secondary N) is 1. The van der Waals surface area contributed by atoms with Gasteiger partial charge in [0.1, 0.15) is 5.60 Å². The molecule has 124 valence electrons. The third-order valence-electron chi connectivity index (χ3n) is 4.05. The Morgan fingerprint density at radius 1 is 1.41 bits per heavy atom. The van der Waals surface area contributed by atoms with Gasteiger partial charge in [0.25, 0.3) is 0 Å². The molecule has 1 aliphatic rings. The van der Waals surface area contributed by atoms with Crippen molar-refractivity contribution in [2.45, 2.75) is 52.7 Å². The van der Waals surface area contributed by atoms with Gasteiger partial charge in [0.05, 0.1) is 0 Å². The Bertz CT molecular complexity index is 471. The summed E-state index contributed by atoms with van der Waals surface area (Å²) in [5.74, 6) is 0. The van der Waals surface area contributed by atoms with E-state index in [4.69, 9.17) is 4.74 Å². The Morgan fingerprint density at radius 2 is 2.09 bits per heavy atom. The topological polar surface area (TPSA) is 41.6 Å². The van der Waals surface area contributed by atoms with E-state index in [1.54, 1.807) is 11.3 Å². The monoisotopic (exact) mass is 324 g/mol. The molecule has 0 radical (unpaired) electrons. The zero-order valence-electron chi connectivity index (χ0n) is 14.1. The number of rotatable bonds is 4. The molecule has 1 N–H and O–H groups in total. The normalized spacial score (nSPS) is 18.3.